The van der Waals surface area contributed by atoms with Gasteiger partial charge in [0.05, 0.1) is 12.4 Å². The first-order chi connectivity index (χ1) is 7.63. The van der Waals surface area contributed by atoms with Crippen molar-refractivity contribution in [2.45, 2.75) is 20.5 Å². The van der Waals surface area contributed by atoms with Crippen molar-refractivity contribution in [1.29, 1.82) is 0 Å². The van der Waals surface area contributed by atoms with Crippen molar-refractivity contribution in [3.8, 4) is 11.8 Å². The minimum Gasteiger partial charge on any atom is -0.392 e. The largest absolute Gasteiger partial charge is 0.392 e. The topological polar surface area (TPSA) is 37.3 Å². The van der Waals surface area contributed by atoms with E-state index in [1.165, 1.54) is 18.7 Å². The average molecular weight is 234 g/mol. The van der Waals surface area contributed by atoms with Crippen LogP contribution in [0.3, 0.4) is 0 Å². The van der Waals surface area contributed by atoms with E-state index in [1.807, 2.05) is 25.1 Å². The zero-order valence-electron chi connectivity index (χ0n) is 9.41. The second-order valence-corrected chi connectivity index (χ2v) is 4.54. The normalized spacial score (nSPS) is 9.44. The second kappa shape index (κ2) is 6.37. The summed E-state index contributed by atoms with van der Waals surface area (Å²) < 4.78 is 0. The van der Waals surface area contributed by atoms with Gasteiger partial charge in [-0.1, -0.05) is 35.7 Å². The van der Waals surface area contributed by atoms with Gasteiger partial charge < -0.3 is 5.11 Å². The van der Waals surface area contributed by atoms with Crippen molar-refractivity contribution in [1.82, 2.24) is 0 Å². The zero-order chi connectivity index (χ0) is 12.0. The Morgan fingerprint density at radius 3 is 2.81 bits per heavy atom. The lowest BCUT2D eigenvalue weighted by Crippen LogP contribution is -1.88. The smallest absolute Gasteiger partial charge is 0.186 e. The first-order valence-electron chi connectivity index (χ1n) is 4.96. The zero-order valence-corrected chi connectivity index (χ0v) is 10.2. The lowest BCUT2D eigenvalue weighted by Gasteiger charge is -2.00. The molecule has 1 aromatic carbocycles. The molecule has 0 saturated carbocycles. The highest BCUT2D eigenvalue weighted by molar-refractivity contribution is 8.13. The highest BCUT2D eigenvalue weighted by Crippen LogP contribution is 2.10. The Balaban J connectivity index is 2.70. The van der Waals surface area contributed by atoms with Crippen molar-refractivity contribution >= 4 is 16.9 Å². The van der Waals surface area contributed by atoms with Crippen LogP contribution < -0.4 is 0 Å². The van der Waals surface area contributed by atoms with Gasteiger partial charge in [-0.3, -0.25) is 4.79 Å². The molecule has 0 saturated heterocycles. The molecule has 0 aliphatic carbocycles. The maximum absolute atomic E-state index is 10.7. The molecule has 1 rings (SSSR count). The molecule has 0 spiro atoms. The Hall–Kier alpha value is -1.24. The van der Waals surface area contributed by atoms with Gasteiger partial charge in [0.1, 0.15) is 0 Å². The Labute approximate surface area is 100 Å². The van der Waals surface area contributed by atoms with E-state index in [9.17, 15) is 4.79 Å². The van der Waals surface area contributed by atoms with Crippen LogP contribution in [-0.4, -0.2) is 16.0 Å². The quantitative estimate of drug-likeness (QED) is 0.796. The maximum atomic E-state index is 10.7. The van der Waals surface area contributed by atoms with Crippen LogP contribution in [0.4, 0.5) is 0 Å². The summed E-state index contributed by atoms with van der Waals surface area (Å²) in [6.45, 7) is 3.55. The van der Waals surface area contributed by atoms with Gasteiger partial charge in [0, 0.05) is 12.5 Å². The second-order valence-electron chi connectivity index (χ2n) is 3.39. The fourth-order valence-electron chi connectivity index (χ4n) is 1.23. The molecule has 1 N–H and O–H groups in total. The van der Waals surface area contributed by atoms with E-state index >= 15 is 0 Å². The monoisotopic (exact) mass is 234 g/mol. The van der Waals surface area contributed by atoms with Crippen molar-refractivity contribution in [2.24, 2.45) is 0 Å². The number of aryl methyl sites for hydroxylation is 1. The molecule has 0 unspecified atom stereocenters. The van der Waals surface area contributed by atoms with Crippen molar-refractivity contribution < 1.29 is 9.90 Å². The maximum Gasteiger partial charge on any atom is 0.186 e. The van der Waals surface area contributed by atoms with Crippen LogP contribution >= 0.6 is 11.8 Å². The fraction of sp³-hybridized carbons (Fsp3) is 0.308. The van der Waals surface area contributed by atoms with Gasteiger partial charge in [-0.25, -0.2) is 0 Å². The van der Waals surface area contributed by atoms with Crippen molar-refractivity contribution in [2.75, 3.05) is 5.75 Å². The van der Waals surface area contributed by atoms with Crippen LogP contribution in [0, 0.1) is 18.8 Å². The molecule has 16 heavy (non-hydrogen) atoms. The molecule has 3 heteroatoms. The molecular formula is C13H14O2S. The molecule has 1 aromatic rings. The number of carbonyl (C=O) groups excluding carboxylic acids is 1. The average Bonchev–Trinajstić information content (AvgIpc) is 2.25. The molecule has 0 heterocycles. The van der Waals surface area contributed by atoms with E-state index < -0.39 is 0 Å². The summed E-state index contributed by atoms with van der Waals surface area (Å²) in [5.74, 6) is 6.48. The summed E-state index contributed by atoms with van der Waals surface area (Å²) in [4.78, 5) is 10.7. The van der Waals surface area contributed by atoms with Gasteiger partial charge in [0.25, 0.3) is 0 Å². The first-order valence-corrected chi connectivity index (χ1v) is 5.94. The molecule has 84 valence electrons. The van der Waals surface area contributed by atoms with E-state index in [0.29, 0.717) is 5.75 Å². The Bertz CT molecular complexity index is 441. The number of hydrogen-bond acceptors (Lipinski definition) is 3. The molecule has 0 aromatic heterocycles. The van der Waals surface area contributed by atoms with Crippen LogP contribution in [0.5, 0.6) is 0 Å². The molecule has 2 nitrogen and oxygen atoms in total. The van der Waals surface area contributed by atoms with E-state index in [0.717, 1.165) is 16.7 Å². The van der Waals surface area contributed by atoms with Crippen LogP contribution in [-0.2, 0) is 11.4 Å². The minimum atomic E-state index is 0.0503. The Morgan fingerprint density at radius 2 is 2.25 bits per heavy atom. The fourth-order valence-corrected chi connectivity index (χ4v) is 1.58. The molecule has 0 bridgehead atoms. The van der Waals surface area contributed by atoms with Crippen molar-refractivity contribution in [3.63, 3.8) is 0 Å². The molecule has 0 radical (unpaired) electrons. The third-order valence-electron chi connectivity index (χ3n) is 2.04. The first kappa shape index (κ1) is 12.8. The number of hydrogen-bond donors (Lipinski definition) is 1. The Kier molecular flexibility index (Phi) is 5.10. The summed E-state index contributed by atoms with van der Waals surface area (Å²) >= 11 is 1.21. The third kappa shape index (κ3) is 4.09. The third-order valence-corrected chi connectivity index (χ3v) is 2.74. The highest BCUT2D eigenvalue weighted by Gasteiger charge is 1.96. The van der Waals surface area contributed by atoms with Gasteiger partial charge in [0.15, 0.2) is 5.12 Å². The van der Waals surface area contributed by atoms with Gasteiger partial charge in [-0.15, -0.1) is 0 Å². The Morgan fingerprint density at radius 1 is 1.50 bits per heavy atom. The van der Waals surface area contributed by atoms with Crippen LogP contribution in [0.1, 0.15) is 23.6 Å². The highest BCUT2D eigenvalue weighted by atomic mass is 32.2. The van der Waals surface area contributed by atoms with E-state index in [2.05, 4.69) is 11.8 Å². The van der Waals surface area contributed by atoms with Crippen LogP contribution in [0.25, 0.3) is 0 Å². The van der Waals surface area contributed by atoms with Gasteiger partial charge in [-0.05, 0) is 24.1 Å². The van der Waals surface area contributed by atoms with Crippen molar-refractivity contribution in [3.05, 3.63) is 34.9 Å². The molecule has 0 atom stereocenters. The van der Waals surface area contributed by atoms with E-state index in [-0.39, 0.29) is 11.7 Å². The number of rotatable bonds is 2. The number of aliphatic hydroxyl groups excluding tert-OH is 1. The van der Waals surface area contributed by atoms with E-state index in [4.69, 9.17) is 5.11 Å². The molecule has 0 aliphatic heterocycles. The summed E-state index contributed by atoms with van der Waals surface area (Å²) in [7, 11) is 0. The summed E-state index contributed by atoms with van der Waals surface area (Å²) in [5, 5.41) is 9.04. The summed E-state index contributed by atoms with van der Waals surface area (Å²) in [5.41, 5.74) is 2.88. The standard InChI is InChI=1S/C13H14O2S/c1-10-8-12(9-14)5-6-13(10)4-3-7-16-11(2)15/h5-6,8,14H,7,9H2,1-2H3. The number of aliphatic hydroxyl groups is 1. The summed E-state index contributed by atoms with van der Waals surface area (Å²) in [6, 6.07) is 5.67. The van der Waals surface area contributed by atoms with Crippen LogP contribution in [0.15, 0.2) is 18.2 Å². The molecular weight excluding hydrogens is 220 g/mol. The molecule has 0 fully saturated rings. The van der Waals surface area contributed by atoms with Gasteiger partial charge in [-0.2, -0.15) is 0 Å². The predicted molar refractivity (Wildman–Crippen MR) is 67.1 cm³/mol. The number of carbonyl (C=O) groups is 1. The predicted octanol–water partition coefficient (Wildman–Crippen LogP) is 2.12. The lowest BCUT2D eigenvalue weighted by molar-refractivity contribution is -0.109. The lowest BCUT2D eigenvalue weighted by atomic mass is 10.1. The van der Waals surface area contributed by atoms with Gasteiger partial charge in [0.2, 0.25) is 0 Å². The van der Waals surface area contributed by atoms with Crippen LogP contribution in [0.2, 0.25) is 0 Å². The molecule has 0 amide bonds. The minimum absolute atomic E-state index is 0.0503. The SMILES string of the molecule is CC(=O)SCC#Cc1ccc(CO)cc1C. The molecule has 0 aliphatic rings. The summed E-state index contributed by atoms with van der Waals surface area (Å²) in [6.07, 6.45) is 0. The number of benzene rings is 1. The number of thioether (sulfide) groups is 1. The van der Waals surface area contributed by atoms with E-state index in [1.54, 1.807) is 0 Å². The van der Waals surface area contributed by atoms with Gasteiger partial charge >= 0.3 is 0 Å².